The molecular weight excluding hydrogens is 722 g/mol. The monoisotopic (exact) mass is 771 g/mol. The van der Waals surface area contributed by atoms with Gasteiger partial charge < -0.3 is 34.0 Å². The summed E-state index contributed by atoms with van der Waals surface area (Å²) in [7, 11) is 1.29. The smallest absolute Gasteiger partial charge is 0.358 e. The van der Waals surface area contributed by atoms with Gasteiger partial charge in [0, 0.05) is 43.2 Å². The van der Waals surface area contributed by atoms with E-state index in [1.807, 2.05) is 18.2 Å². The standard InChI is InChI=1S/C41H49N5O10/c1-4-20-53-30-16-17-36-33(23-30)38-31(11-7-9-19-48)28(10-6-8-18-47)22-32-34(43-55-26-27-12-14-29(15-13-27)46(50)51)24-37(41(56-36,39(32)38)54-21-5-2)45-35(25-42-44-45)40(49)52-3/h4-5,12-17,22-23,25,28,31,37-39,47-48H,1-2,6-11,18-21,24,26H2,3H3/t28-,31+,37-,38+,39+,41+/m0/s1. The minimum Gasteiger partial charge on any atom is -0.490 e. The number of aromatic nitrogens is 3. The van der Waals surface area contributed by atoms with E-state index in [0.29, 0.717) is 42.2 Å². The Labute approximate surface area is 325 Å². The van der Waals surface area contributed by atoms with Crippen LogP contribution in [-0.4, -0.2) is 81.1 Å². The van der Waals surface area contributed by atoms with Crippen LogP contribution in [0.25, 0.3) is 0 Å². The molecule has 298 valence electrons. The van der Waals surface area contributed by atoms with Crippen LogP contribution >= 0.6 is 0 Å². The highest BCUT2D eigenvalue weighted by Crippen LogP contribution is 2.63. The van der Waals surface area contributed by atoms with Crippen molar-refractivity contribution in [2.24, 2.45) is 22.9 Å². The zero-order valence-corrected chi connectivity index (χ0v) is 31.5. The highest BCUT2D eigenvalue weighted by molar-refractivity contribution is 6.02. The van der Waals surface area contributed by atoms with E-state index in [-0.39, 0.29) is 62.0 Å². The lowest BCUT2D eigenvalue weighted by atomic mass is 9.55. The number of rotatable bonds is 20. The lowest BCUT2D eigenvalue weighted by Gasteiger charge is -2.58. The molecule has 0 bridgehead atoms. The fourth-order valence-electron chi connectivity index (χ4n) is 8.45. The molecule has 3 aromatic rings. The predicted octanol–water partition coefficient (Wildman–Crippen LogP) is 6.24. The molecule has 1 saturated carbocycles. The van der Waals surface area contributed by atoms with E-state index in [9.17, 15) is 25.1 Å². The molecule has 1 aliphatic heterocycles. The summed E-state index contributed by atoms with van der Waals surface area (Å²) in [6.45, 7) is 8.34. The van der Waals surface area contributed by atoms with E-state index in [2.05, 4.69) is 29.5 Å². The van der Waals surface area contributed by atoms with Crippen molar-refractivity contribution in [3.05, 3.63) is 113 Å². The van der Waals surface area contributed by atoms with Crippen molar-refractivity contribution in [3.8, 4) is 11.5 Å². The van der Waals surface area contributed by atoms with Crippen LogP contribution in [0.15, 0.2) is 90.8 Å². The molecule has 0 amide bonds. The van der Waals surface area contributed by atoms with Gasteiger partial charge in [-0.2, -0.15) is 0 Å². The van der Waals surface area contributed by atoms with Crippen molar-refractivity contribution in [3.63, 3.8) is 0 Å². The van der Waals surface area contributed by atoms with Crippen molar-refractivity contribution < 1.29 is 43.7 Å². The van der Waals surface area contributed by atoms with Gasteiger partial charge in [-0.15, -0.1) is 11.7 Å². The van der Waals surface area contributed by atoms with E-state index < -0.39 is 28.6 Å². The van der Waals surface area contributed by atoms with Gasteiger partial charge in [0.1, 0.15) is 30.8 Å². The van der Waals surface area contributed by atoms with E-state index in [1.54, 1.807) is 24.3 Å². The molecule has 0 saturated heterocycles. The number of unbranched alkanes of at least 4 members (excludes halogenated alkanes) is 2. The van der Waals surface area contributed by atoms with Gasteiger partial charge >= 0.3 is 5.97 Å². The molecule has 0 spiro atoms. The number of non-ortho nitro benzene ring substituents is 1. The van der Waals surface area contributed by atoms with Crippen LogP contribution in [-0.2, 0) is 20.9 Å². The summed E-state index contributed by atoms with van der Waals surface area (Å²) < 4.78 is 26.7. The first kappa shape index (κ1) is 40.3. The molecule has 1 aromatic heterocycles. The van der Waals surface area contributed by atoms with Gasteiger partial charge in [-0.05, 0) is 79.0 Å². The van der Waals surface area contributed by atoms with Crippen LogP contribution in [0.4, 0.5) is 5.69 Å². The Morgan fingerprint density at radius 1 is 1.09 bits per heavy atom. The molecular formula is C41H49N5O10. The molecule has 6 atom stereocenters. The number of nitro benzene ring substituents is 1. The molecule has 2 heterocycles. The second-order valence-corrected chi connectivity index (χ2v) is 14.1. The highest BCUT2D eigenvalue weighted by Gasteiger charge is 2.65. The van der Waals surface area contributed by atoms with Gasteiger partial charge in [0.25, 0.3) is 5.69 Å². The van der Waals surface area contributed by atoms with Crippen LogP contribution in [0.1, 0.15) is 78.5 Å². The minimum absolute atomic E-state index is 0.0230. The van der Waals surface area contributed by atoms with E-state index in [4.69, 9.17) is 28.9 Å². The number of nitro groups is 1. The van der Waals surface area contributed by atoms with Gasteiger partial charge in [-0.25, -0.2) is 9.48 Å². The van der Waals surface area contributed by atoms with Gasteiger partial charge in [-0.1, -0.05) is 48.0 Å². The molecule has 2 aliphatic carbocycles. The number of carbonyl (C=O) groups excluding carboxylic acids is 1. The van der Waals surface area contributed by atoms with E-state index in [1.165, 1.54) is 30.1 Å². The molecule has 0 unspecified atom stereocenters. The lowest BCUT2D eigenvalue weighted by molar-refractivity contribution is -0.384. The molecule has 56 heavy (non-hydrogen) atoms. The number of aliphatic hydroxyl groups excluding tert-OH is 2. The van der Waals surface area contributed by atoms with E-state index >= 15 is 0 Å². The second-order valence-electron chi connectivity index (χ2n) is 14.1. The number of hydrogen-bond acceptors (Lipinski definition) is 13. The summed E-state index contributed by atoms with van der Waals surface area (Å²) in [4.78, 5) is 30.0. The van der Waals surface area contributed by atoms with Gasteiger partial charge in [0.05, 0.1) is 36.5 Å². The third kappa shape index (κ3) is 8.25. The molecule has 15 heteroatoms. The maximum Gasteiger partial charge on any atom is 0.358 e. The molecule has 2 N–H and O–H groups in total. The Kier molecular flexibility index (Phi) is 13.3. The minimum atomic E-state index is -1.47. The number of hydrogen-bond donors (Lipinski definition) is 2. The summed E-state index contributed by atoms with van der Waals surface area (Å²) in [6, 6.07) is 11.0. The van der Waals surface area contributed by atoms with Crippen molar-refractivity contribution in [1.29, 1.82) is 0 Å². The van der Waals surface area contributed by atoms with Crippen LogP contribution < -0.4 is 9.47 Å². The number of ether oxygens (including phenoxy) is 4. The number of esters is 1. The van der Waals surface area contributed by atoms with Crippen molar-refractivity contribution in [1.82, 2.24) is 15.0 Å². The Hall–Kier alpha value is -5.38. The number of benzene rings is 2. The normalized spacial score (nSPS) is 24.2. The van der Waals surface area contributed by atoms with Gasteiger partial charge in [-0.3, -0.25) is 10.1 Å². The molecule has 6 rings (SSSR count). The summed E-state index contributed by atoms with van der Waals surface area (Å²) in [5.74, 6) is -1.61. The number of fused-ring (bicyclic) bond motifs is 2. The molecule has 3 aliphatic rings. The molecule has 2 aromatic carbocycles. The highest BCUT2D eigenvalue weighted by atomic mass is 16.7. The zero-order valence-electron chi connectivity index (χ0n) is 31.5. The number of aliphatic hydroxyl groups is 2. The largest absolute Gasteiger partial charge is 0.490 e. The molecule has 1 fully saturated rings. The van der Waals surface area contributed by atoms with Crippen molar-refractivity contribution in [2.75, 3.05) is 33.5 Å². The first-order valence-electron chi connectivity index (χ1n) is 19.0. The Morgan fingerprint density at radius 3 is 2.54 bits per heavy atom. The number of carbonyl (C=O) groups is 1. The topological polar surface area (TPSA) is 190 Å². The third-order valence-corrected chi connectivity index (χ3v) is 10.8. The van der Waals surface area contributed by atoms with Crippen molar-refractivity contribution >= 4 is 17.4 Å². The van der Waals surface area contributed by atoms with Crippen LogP contribution in [0.3, 0.4) is 0 Å². The quantitative estimate of drug-likeness (QED) is 0.0433. The molecule has 0 radical (unpaired) electrons. The number of oxime groups is 1. The van der Waals surface area contributed by atoms with Crippen LogP contribution in [0, 0.1) is 27.9 Å². The maximum absolute atomic E-state index is 13.2. The summed E-state index contributed by atoms with van der Waals surface area (Å²) in [5, 5.41) is 44.2. The average Bonchev–Trinajstić information content (AvgIpc) is 3.70. The first-order valence-corrected chi connectivity index (χ1v) is 19.0. The van der Waals surface area contributed by atoms with E-state index in [0.717, 1.165) is 36.8 Å². The SMILES string of the molecule is C=CCOc1ccc2c(c1)[C@H]1[C@H](CCCCO)[C@@H](CCCCO)C=C3C(=NOCc4ccc([N+](=O)[O-])cc4)C[C@H](n4nncc4C(=O)OC)[C@@](OCC=C)(O2)[C@H]31. The number of nitrogens with zero attached hydrogens (tertiary/aromatic N) is 5. The van der Waals surface area contributed by atoms with Crippen molar-refractivity contribution in [2.45, 2.75) is 69.3 Å². The second kappa shape index (κ2) is 18.5. The Morgan fingerprint density at radius 2 is 1.84 bits per heavy atom. The summed E-state index contributed by atoms with van der Waals surface area (Å²) >= 11 is 0. The summed E-state index contributed by atoms with van der Waals surface area (Å²) in [5.41, 5.74) is 3.10. The predicted molar refractivity (Wildman–Crippen MR) is 205 cm³/mol. The Balaban J connectivity index is 1.57. The maximum atomic E-state index is 13.2. The van der Waals surface area contributed by atoms with Gasteiger partial charge in [0.15, 0.2) is 5.69 Å². The Bertz CT molecular complexity index is 1930. The number of allylic oxidation sites excluding steroid dienone is 1. The average molecular weight is 772 g/mol. The first-order chi connectivity index (χ1) is 27.3. The summed E-state index contributed by atoms with van der Waals surface area (Å²) in [6.07, 6.45) is 11.5. The lowest BCUT2D eigenvalue weighted by Crippen LogP contribution is -2.63. The molecule has 15 nitrogen and oxygen atoms in total. The zero-order chi connectivity index (χ0) is 39.7. The fourth-order valence-corrected chi connectivity index (χ4v) is 8.45. The van der Waals surface area contributed by atoms with Crippen LogP contribution in [0.2, 0.25) is 0 Å². The number of methoxy groups -OCH3 is 1. The van der Waals surface area contributed by atoms with Crippen LogP contribution in [0.5, 0.6) is 11.5 Å². The van der Waals surface area contributed by atoms with Gasteiger partial charge in [0.2, 0.25) is 5.79 Å². The third-order valence-electron chi connectivity index (χ3n) is 10.8. The fraction of sp³-hybridized carbons (Fsp3) is 0.463.